The van der Waals surface area contributed by atoms with Crippen LogP contribution in [0.25, 0.3) is 11.0 Å². The van der Waals surface area contributed by atoms with Crippen molar-refractivity contribution in [2.75, 3.05) is 18.5 Å². The summed E-state index contributed by atoms with van der Waals surface area (Å²) in [6.45, 7) is 7.04. The van der Waals surface area contributed by atoms with E-state index in [0.717, 1.165) is 40.9 Å². The zero-order valence-electron chi connectivity index (χ0n) is 19.8. The number of allylic oxidation sites excluding steroid dienone is 1. The fraction of sp³-hybridized carbons (Fsp3) is 0.407. The summed E-state index contributed by atoms with van der Waals surface area (Å²) in [6.07, 6.45) is 5.54. The van der Waals surface area contributed by atoms with Crippen LogP contribution in [-0.4, -0.2) is 28.7 Å². The molecule has 1 aliphatic rings. The SMILES string of the molecule is CCCCCCCOC(=O)C1=C(C)Nc2nc3ccccc3n2C1c1ccccc1OCC. The Balaban J connectivity index is 1.73. The number of fused-ring (bicyclic) bond motifs is 3. The van der Waals surface area contributed by atoms with Crippen LogP contribution in [0.4, 0.5) is 5.95 Å². The van der Waals surface area contributed by atoms with Crippen LogP contribution in [0.2, 0.25) is 0 Å². The molecule has 2 aromatic carbocycles. The summed E-state index contributed by atoms with van der Waals surface area (Å²) in [4.78, 5) is 18.2. The molecule has 0 fully saturated rings. The Hall–Kier alpha value is -3.28. The lowest BCUT2D eigenvalue weighted by Gasteiger charge is -2.31. The van der Waals surface area contributed by atoms with Crippen LogP contribution >= 0.6 is 0 Å². The summed E-state index contributed by atoms with van der Waals surface area (Å²) in [5.74, 6) is 1.17. The topological polar surface area (TPSA) is 65.4 Å². The Morgan fingerprint density at radius 3 is 2.61 bits per heavy atom. The average Bonchev–Trinajstić information content (AvgIpc) is 3.19. The molecule has 0 saturated carbocycles. The Labute approximate surface area is 195 Å². The average molecular weight is 448 g/mol. The van der Waals surface area contributed by atoms with Gasteiger partial charge < -0.3 is 14.8 Å². The number of aromatic nitrogens is 2. The van der Waals surface area contributed by atoms with Crippen LogP contribution < -0.4 is 10.1 Å². The first-order valence-corrected chi connectivity index (χ1v) is 12.0. The molecule has 6 nitrogen and oxygen atoms in total. The van der Waals surface area contributed by atoms with Crippen molar-refractivity contribution in [2.45, 2.75) is 58.9 Å². The standard InChI is InChI=1S/C27H33N3O3/c1-4-6-7-8-13-18-33-26(31)24-19(3)28-27-29-21-15-10-11-16-22(21)30(27)25(24)20-14-9-12-17-23(20)32-5-2/h9-12,14-17,25H,4-8,13,18H2,1-3H3,(H,28,29). The van der Waals surface area contributed by atoms with E-state index >= 15 is 0 Å². The van der Waals surface area contributed by atoms with Gasteiger partial charge in [-0.25, -0.2) is 9.78 Å². The summed E-state index contributed by atoms with van der Waals surface area (Å²) >= 11 is 0. The third kappa shape index (κ3) is 4.75. The molecule has 0 bridgehead atoms. The van der Waals surface area contributed by atoms with Crippen molar-refractivity contribution in [3.8, 4) is 5.75 Å². The second-order valence-corrected chi connectivity index (χ2v) is 8.38. The van der Waals surface area contributed by atoms with E-state index in [1.54, 1.807) is 0 Å². The molecule has 6 heteroatoms. The smallest absolute Gasteiger partial charge is 0.338 e. The molecule has 1 atom stereocenters. The van der Waals surface area contributed by atoms with Crippen molar-refractivity contribution in [1.29, 1.82) is 0 Å². The lowest BCUT2D eigenvalue weighted by atomic mass is 9.94. The number of carbonyl (C=O) groups excluding carboxylic acids is 1. The number of imidazole rings is 1. The van der Waals surface area contributed by atoms with Gasteiger partial charge in [0.2, 0.25) is 5.95 Å². The number of esters is 1. The van der Waals surface area contributed by atoms with Gasteiger partial charge in [0.1, 0.15) is 5.75 Å². The number of unbranched alkanes of at least 4 members (excludes halogenated alkanes) is 4. The van der Waals surface area contributed by atoms with Gasteiger partial charge in [-0.05, 0) is 38.5 Å². The number of ether oxygens (including phenoxy) is 2. The lowest BCUT2D eigenvalue weighted by Crippen LogP contribution is -2.29. The van der Waals surface area contributed by atoms with Gasteiger partial charge in [0, 0.05) is 11.3 Å². The van der Waals surface area contributed by atoms with Crippen molar-refractivity contribution in [3.05, 3.63) is 65.4 Å². The van der Waals surface area contributed by atoms with E-state index in [1.807, 2.05) is 62.4 Å². The number of anilines is 1. The number of carbonyl (C=O) groups is 1. The minimum atomic E-state index is -0.399. The first-order valence-electron chi connectivity index (χ1n) is 12.0. The van der Waals surface area contributed by atoms with Crippen LogP contribution in [0.3, 0.4) is 0 Å². The molecule has 0 amide bonds. The van der Waals surface area contributed by atoms with Crippen LogP contribution in [0.1, 0.15) is 64.5 Å². The Kier molecular flexibility index (Phi) is 7.33. The maximum atomic E-state index is 13.4. The van der Waals surface area contributed by atoms with Crippen molar-refractivity contribution in [2.24, 2.45) is 0 Å². The molecule has 0 saturated heterocycles. The Bertz CT molecular complexity index is 1150. The Morgan fingerprint density at radius 2 is 1.79 bits per heavy atom. The summed E-state index contributed by atoms with van der Waals surface area (Å²) in [5, 5.41) is 3.34. The first-order chi connectivity index (χ1) is 16.2. The van der Waals surface area contributed by atoms with E-state index in [4.69, 9.17) is 14.5 Å². The zero-order valence-corrected chi connectivity index (χ0v) is 19.8. The monoisotopic (exact) mass is 447 g/mol. The number of hydrogen-bond donors (Lipinski definition) is 1. The van der Waals surface area contributed by atoms with E-state index in [1.165, 1.54) is 19.3 Å². The number of para-hydroxylation sites is 3. The van der Waals surface area contributed by atoms with E-state index in [-0.39, 0.29) is 5.97 Å². The van der Waals surface area contributed by atoms with Gasteiger partial charge >= 0.3 is 5.97 Å². The van der Waals surface area contributed by atoms with Gasteiger partial charge in [0.05, 0.1) is 35.9 Å². The van der Waals surface area contributed by atoms with Gasteiger partial charge in [-0.2, -0.15) is 0 Å². The van der Waals surface area contributed by atoms with Gasteiger partial charge in [-0.15, -0.1) is 0 Å². The maximum Gasteiger partial charge on any atom is 0.338 e. The highest BCUT2D eigenvalue weighted by Gasteiger charge is 2.36. The highest BCUT2D eigenvalue weighted by atomic mass is 16.5. The molecule has 0 aliphatic carbocycles. The second-order valence-electron chi connectivity index (χ2n) is 8.38. The quantitative estimate of drug-likeness (QED) is 0.294. The largest absolute Gasteiger partial charge is 0.494 e. The molecule has 0 radical (unpaired) electrons. The van der Waals surface area contributed by atoms with Crippen molar-refractivity contribution >= 4 is 23.0 Å². The van der Waals surface area contributed by atoms with Crippen molar-refractivity contribution in [3.63, 3.8) is 0 Å². The molecular formula is C27H33N3O3. The van der Waals surface area contributed by atoms with Crippen LogP contribution in [0.5, 0.6) is 5.75 Å². The molecule has 33 heavy (non-hydrogen) atoms. The van der Waals surface area contributed by atoms with Gasteiger partial charge in [0.15, 0.2) is 0 Å². The second kappa shape index (κ2) is 10.6. The molecule has 1 aliphatic heterocycles. The van der Waals surface area contributed by atoms with E-state index in [0.29, 0.717) is 24.7 Å². The molecular weight excluding hydrogens is 414 g/mol. The summed E-state index contributed by atoms with van der Waals surface area (Å²) in [5.41, 5.74) is 4.09. The Morgan fingerprint density at radius 1 is 1.03 bits per heavy atom. The summed E-state index contributed by atoms with van der Waals surface area (Å²) in [6, 6.07) is 15.5. The van der Waals surface area contributed by atoms with Gasteiger partial charge in [-0.3, -0.25) is 4.57 Å². The first kappa shape index (κ1) is 22.9. The predicted octanol–water partition coefficient (Wildman–Crippen LogP) is 6.24. The third-order valence-corrected chi connectivity index (χ3v) is 6.05. The molecule has 3 aromatic rings. The van der Waals surface area contributed by atoms with Gasteiger partial charge in [-0.1, -0.05) is 62.9 Å². The molecule has 2 heterocycles. The van der Waals surface area contributed by atoms with Crippen molar-refractivity contribution in [1.82, 2.24) is 9.55 Å². The minimum Gasteiger partial charge on any atom is -0.494 e. The highest BCUT2D eigenvalue weighted by Crippen LogP contribution is 2.42. The fourth-order valence-electron chi connectivity index (χ4n) is 4.46. The molecule has 174 valence electrons. The minimum absolute atomic E-state index is 0.296. The number of nitrogens with one attached hydrogen (secondary N) is 1. The van der Waals surface area contributed by atoms with E-state index in [2.05, 4.69) is 16.8 Å². The van der Waals surface area contributed by atoms with Crippen LogP contribution in [0, 0.1) is 0 Å². The normalized spacial score (nSPS) is 15.3. The summed E-state index contributed by atoms with van der Waals surface area (Å²) in [7, 11) is 0. The van der Waals surface area contributed by atoms with Crippen LogP contribution in [0.15, 0.2) is 59.8 Å². The van der Waals surface area contributed by atoms with E-state index < -0.39 is 6.04 Å². The highest BCUT2D eigenvalue weighted by molar-refractivity contribution is 5.94. The lowest BCUT2D eigenvalue weighted by molar-refractivity contribution is -0.139. The molecule has 4 rings (SSSR count). The van der Waals surface area contributed by atoms with Gasteiger partial charge in [0.25, 0.3) is 0 Å². The number of benzene rings is 2. The fourth-order valence-corrected chi connectivity index (χ4v) is 4.46. The molecule has 1 unspecified atom stereocenters. The number of rotatable bonds is 10. The predicted molar refractivity (Wildman–Crippen MR) is 132 cm³/mol. The van der Waals surface area contributed by atoms with E-state index in [9.17, 15) is 4.79 Å². The molecule has 0 spiro atoms. The van der Waals surface area contributed by atoms with Crippen molar-refractivity contribution < 1.29 is 14.3 Å². The zero-order chi connectivity index (χ0) is 23.2. The third-order valence-electron chi connectivity index (χ3n) is 6.05. The number of nitrogens with zero attached hydrogens (tertiary/aromatic N) is 2. The maximum absolute atomic E-state index is 13.4. The molecule has 1 N–H and O–H groups in total. The summed E-state index contributed by atoms with van der Waals surface area (Å²) < 4.78 is 13.8. The number of hydrogen-bond acceptors (Lipinski definition) is 5. The van der Waals surface area contributed by atoms with Crippen LogP contribution in [-0.2, 0) is 9.53 Å². The molecule has 1 aromatic heterocycles.